The maximum absolute atomic E-state index is 8.11. The third-order valence-electron chi connectivity index (χ3n) is 4.58. The lowest BCUT2D eigenvalue weighted by Crippen LogP contribution is -2.11. The zero-order valence-electron chi connectivity index (χ0n) is 17.7. The zero-order chi connectivity index (χ0) is 22.1. The Morgan fingerprint density at radius 3 is 2.17 bits per heavy atom. The highest BCUT2D eigenvalue weighted by molar-refractivity contribution is 5.92. The second-order valence-corrected chi connectivity index (χ2v) is 6.38. The maximum atomic E-state index is 8.11. The van der Waals surface area contributed by atoms with E-state index in [1.807, 2.05) is 43.3 Å². The molecule has 1 unspecified atom stereocenters. The molecule has 0 radical (unpaired) electrons. The van der Waals surface area contributed by atoms with Crippen molar-refractivity contribution in [1.29, 1.82) is 0 Å². The molecule has 1 aromatic heterocycles. The predicted octanol–water partition coefficient (Wildman–Crippen LogP) is 5.25. The van der Waals surface area contributed by atoms with Gasteiger partial charge in [-0.3, -0.25) is 0 Å². The predicted molar refractivity (Wildman–Crippen MR) is 115 cm³/mol. The fraction of sp³-hybridized carbons (Fsp3) is 0.318. The number of nitrogens with zero attached hydrogens (tertiary/aromatic N) is 2. The molecule has 0 saturated carbocycles. The SMILES string of the molecule is CCC(C)Oc1nc2cc(OC)cc(OC)c2cc1-c1ccc(OC)cc1.O=NO. The lowest BCUT2D eigenvalue weighted by molar-refractivity contribution is 0.210. The molecule has 160 valence electrons. The Labute approximate surface area is 175 Å². The molecule has 2 aromatic carbocycles. The van der Waals surface area contributed by atoms with Crippen molar-refractivity contribution >= 4 is 10.9 Å². The zero-order valence-corrected chi connectivity index (χ0v) is 17.7. The van der Waals surface area contributed by atoms with Crippen LogP contribution in [0.5, 0.6) is 23.1 Å². The number of benzene rings is 2. The second-order valence-electron chi connectivity index (χ2n) is 6.38. The first-order valence-electron chi connectivity index (χ1n) is 9.35. The van der Waals surface area contributed by atoms with Gasteiger partial charge in [0.25, 0.3) is 0 Å². The summed E-state index contributed by atoms with van der Waals surface area (Å²) in [4.78, 5) is 12.9. The van der Waals surface area contributed by atoms with Crippen molar-refractivity contribution in [3.05, 3.63) is 47.4 Å². The molecular weight excluding hydrogens is 388 g/mol. The Morgan fingerprint density at radius 2 is 1.63 bits per heavy atom. The van der Waals surface area contributed by atoms with Crippen molar-refractivity contribution in [2.45, 2.75) is 26.4 Å². The monoisotopic (exact) mass is 414 g/mol. The summed E-state index contributed by atoms with van der Waals surface area (Å²) in [7, 11) is 4.93. The first kappa shape index (κ1) is 22.7. The van der Waals surface area contributed by atoms with Gasteiger partial charge in [-0.05, 0) is 37.1 Å². The van der Waals surface area contributed by atoms with Gasteiger partial charge in [-0.1, -0.05) is 19.1 Å². The van der Waals surface area contributed by atoms with Gasteiger partial charge >= 0.3 is 0 Å². The molecule has 1 N–H and O–H groups in total. The molecule has 0 aliphatic carbocycles. The highest BCUT2D eigenvalue weighted by atomic mass is 16.6. The van der Waals surface area contributed by atoms with Crippen LogP contribution in [0.2, 0.25) is 0 Å². The molecule has 30 heavy (non-hydrogen) atoms. The largest absolute Gasteiger partial charge is 0.497 e. The molecular formula is C22H26N2O6. The molecule has 8 nitrogen and oxygen atoms in total. The number of aromatic nitrogens is 1. The quantitative estimate of drug-likeness (QED) is 0.416. The lowest BCUT2D eigenvalue weighted by atomic mass is 10.0. The highest BCUT2D eigenvalue weighted by Gasteiger charge is 2.16. The molecule has 1 atom stereocenters. The Kier molecular flexibility index (Phi) is 8.22. The first-order valence-corrected chi connectivity index (χ1v) is 9.35. The lowest BCUT2D eigenvalue weighted by Gasteiger charge is -2.17. The summed E-state index contributed by atoms with van der Waals surface area (Å²) >= 11 is 0. The van der Waals surface area contributed by atoms with E-state index >= 15 is 0 Å². The summed E-state index contributed by atoms with van der Waals surface area (Å²) in [5, 5.41) is 8.79. The van der Waals surface area contributed by atoms with E-state index in [-0.39, 0.29) is 6.10 Å². The highest BCUT2D eigenvalue weighted by Crippen LogP contribution is 2.38. The first-order chi connectivity index (χ1) is 14.5. The van der Waals surface area contributed by atoms with Crippen LogP contribution in [0, 0.1) is 4.91 Å². The molecule has 0 bridgehead atoms. The summed E-state index contributed by atoms with van der Waals surface area (Å²) in [6, 6.07) is 13.7. The number of fused-ring (bicyclic) bond motifs is 1. The van der Waals surface area contributed by atoms with E-state index in [0.29, 0.717) is 17.4 Å². The van der Waals surface area contributed by atoms with Crippen LogP contribution in [0.1, 0.15) is 20.3 Å². The Bertz CT molecular complexity index is 976. The van der Waals surface area contributed by atoms with Gasteiger partial charge in [0, 0.05) is 23.1 Å². The van der Waals surface area contributed by atoms with Gasteiger partial charge in [0.05, 0.1) is 33.0 Å². The van der Waals surface area contributed by atoms with Crippen molar-refractivity contribution < 1.29 is 24.2 Å². The minimum atomic E-state index is 0.0550. The van der Waals surface area contributed by atoms with Gasteiger partial charge in [-0.2, -0.15) is 0 Å². The van der Waals surface area contributed by atoms with E-state index in [1.54, 1.807) is 21.3 Å². The molecule has 0 saturated heterocycles. The van der Waals surface area contributed by atoms with Gasteiger partial charge in [0.1, 0.15) is 17.2 Å². The molecule has 0 aliphatic heterocycles. The number of rotatable bonds is 7. The van der Waals surface area contributed by atoms with Crippen LogP contribution in [0.3, 0.4) is 0 Å². The van der Waals surface area contributed by atoms with Crippen molar-refractivity contribution in [3.63, 3.8) is 0 Å². The Hall–Kier alpha value is -3.55. The summed E-state index contributed by atoms with van der Waals surface area (Å²) in [6.45, 7) is 4.13. The van der Waals surface area contributed by atoms with Crippen molar-refractivity contribution in [2.75, 3.05) is 21.3 Å². The third-order valence-corrected chi connectivity index (χ3v) is 4.58. The Balaban J connectivity index is 0.00000101. The minimum Gasteiger partial charge on any atom is -0.497 e. The van der Waals surface area contributed by atoms with Crippen LogP contribution in [-0.4, -0.2) is 37.6 Å². The topological polar surface area (TPSA) is 99.5 Å². The van der Waals surface area contributed by atoms with Crippen LogP contribution >= 0.6 is 0 Å². The van der Waals surface area contributed by atoms with Crippen molar-refractivity contribution in [1.82, 2.24) is 4.98 Å². The Morgan fingerprint density at radius 1 is 1.00 bits per heavy atom. The number of hydrogen-bond acceptors (Lipinski definition) is 7. The van der Waals surface area contributed by atoms with Gasteiger partial charge in [-0.25, -0.2) is 4.98 Å². The standard InChI is InChI=1S/C22H25NO4.HNO2/c1-6-14(2)27-22-18(15-7-9-16(24-3)10-8-15)13-19-20(23-22)11-17(25-4)12-21(19)26-5;2-1-3/h7-14H,6H2,1-5H3;(H,2,3). The second kappa shape index (κ2) is 10.8. The third kappa shape index (κ3) is 5.28. The molecule has 0 fully saturated rings. The van der Waals surface area contributed by atoms with E-state index in [2.05, 4.69) is 13.0 Å². The number of hydrogen-bond donors (Lipinski definition) is 1. The van der Waals surface area contributed by atoms with Crippen molar-refractivity contribution in [3.8, 4) is 34.3 Å². The normalized spacial score (nSPS) is 11.1. The van der Waals surface area contributed by atoms with Crippen LogP contribution < -0.4 is 18.9 Å². The number of pyridine rings is 1. The number of methoxy groups -OCH3 is 3. The fourth-order valence-electron chi connectivity index (χ4n) is 2.83. The maximum Gasteiger partial charge on any atom is 0.222 e. The van der Waals surface area contributed by atoms with E-state index in [0.717, 1.165) is 34.2 Å². The molecule has 8 heteroatoms. The summed E-state index contributed by atoms with van der Waals surface area (Å²) in [5.74, 6) is 2.80. The van der Waals surface area contributed by atoms with Crippen LogP contribution in [0.15, 0.2) is 47.8 Å². The summed E-state index contributed by atoms with van der Waals surface area (Å²) < 4.78 is 22.3. The molecule has 1 heterocycles. The number of ether oxygens (including phenoxy) is 4. The van der Waals surface area contributed by atoms with E-state index < -0.39 is 0 Å². The summed E-state index contributed by atoms with van der Waals surface area (Å²) in [6.07, 6.45) is 0.947. The van der Waals surface area contributed by atoms with Gasteiger partial charge < -0.3 is 24.2 Å². The van der Waals surface area contributed by atoms with Gasteiger partial charge in [-0.15, -0.1) is 4.91 Å². The molecule has 3 aromatic rings. The average molecular weight is 414 g/mol. The molecule has 0 amide bonds. The fourth-order valence-corrected chi connectivity index (χ4v) is 2.83. The van der Waals surface area contributed by atoms with Crippen molar-refractivity contribution in [2.24, 2.45) is 5.34 Å². The van der Waals surface area contributed by atoms with Crippen LogP contribution in [0.4, 0.5) is 0 Å². The summed E-state index contributed by atoms with van der Waals surface area (Å²) in [5.41, 5.74) is 2.68. The van der Waals surface area contributed by atoms with E-state index in [1.165, 1.54) is 5.34 Å². The smallest absolute Gasteiger partial charge is 0.222 e. The molecule has 0 spiro atoms. The average Bonchev–Trinajstić information content (AvgIpc) is 2.78. The van der Waals surface area contributed by atoms with Gasteiger partial charge in [0.15, 0.2) is 5.34 Å². The van der Waals surface area contributed by atoms with Crippen LogP contribution in [-0.2, 0) is 0 Å². The van der Waals surface area contributed by atoms with Crippen LogP contribution in [0.25, 0.3) is 22.0 Å². The van der Waals surface area contributed by atoms with Gasteiger partial charge in [0.2, 0.25) is 5.88 Å². The molecule has 3 rings (SSSR count). The minimum absolute atomic E-state index is 0.0550. The van der Waals surface area contributed by atoms with E-state index in [9.17, 15) is 0 Å². The molecule has 0 aliphatic rings. The van der Waals surface area contributed by atoms with E-state index in [4.69, 9.17) is 34.0 Å².